The van der Waals surface area contributed by atoms with Crippen molar-refractivity contribution in [1.82, 2.24) is 4.98 Å². The maximum atomic E-state index is 11.2. The number of rotatable bonds is 6. The van der Waals surface area contributed by atoms with Gasteiger partial charge in [-0.1, -0.05) is 30.3 Å². The van der Waals surface area contributed by atoms with Crippen molar-refractivity contribution in [3.63, 3.8) is 0 Å². The second-order valence-electron chi connectivity index (χ2n) is 5.61. The van der Waals surface area contributed by atoms with Gasteiger partial charge in [-0.2, -0.15) is 0 Å². The van der Waals surface area contributed by atoms with E-state index in [1.54, 1.807) is 6.08 Å². The van der Waals surface area contributed by atoms with Gasteiger partial charge in [-0.3, -0.25) is 0 Å². The van der Waals surface area contributed by atoms with Crippen molar-refractivity contribution < 1.29 is 18.7 Å². The Morgan fingerprint density at radius 1 is 1.15 bits per heavy atom. The van der Waals surface area contributed by atoms with E-state index in [9.17, 15) is 4.79 Å². The molecule has 0 aliphatic heterocycles. The van der Waals surface area contributed by atoms with Gasteiger partial charge in [0.1, 0.15) is 23.8 Å². The normalized spacial score (nSPS) is 10.8. The third-order valence-electron chi connectivity index (χ3n) is 3.76. The number of hydrogen-bond acceptors (Lipinski definition) is 5. The molecule has 0 aliphatic carbocycles. The first-order valence-electron chi connectivity index (χ1n) is 8.16. The Bertz CT molecular complexity index is 913. The average molecular weight is 349 g/mol. The summed E-state index contributed by atoms with van der Waals surface area (Å²) in [5.74, 6) is 1.59. The molecule has 0 saturated carbocycles. The average Bonchev–Trinajstić information content (AvgIpc) is 3.06. The second-order valence-corrected chi connectivity index (χ2v) is 5.61. The van der Waals surface area contributed by atoms with E-state index in [1.807, 2.05) is 61.5 Å². The second kappa shape index (κ2) is 8.16. The highest BCUT2D eigenvalue weighted by molar-refractivity contribution is 5.86. The summed E-state index contributed by atoms with van der Waals surface area (Å²) in [4.78, 5) is 15.7. The van der Waals surface area contributed by atoms with Crippen LogP contribution in [0, 0.1) is 6.92 Å². The lowest BCUT2D eigenvalue weighted by Gasteiger charge is -2.05. The number of aromatic nitrogens is 1. The van der Waals surface area contributed by atoms with E-state index in [0.717, 1.165) is 22.6 Å². The highest BCUT2D eigenvalue weighted by Gasteiger charge is 2.11. The quantitative estimate of drug-likeness (QED) is 0.487. The van der Waals surface area contributed by atoms with Gasteiger partial charge in [-0.15, -0.1) is 0 Å². The fourth-order valence-electron chi connectivity index (χ4n) is 2.36. The fourth-order valence-corrected chi connectivity index (χ4v) is 2.36. The van der Waals surface area contributed by atoms with Gasteiger partial charge in [-0.05, 0) is 42.8 Å². The van der Waals surface area contributed by atoms with Crippen LogP contribution in [0.1, 0.15) is 17.0 Å². The van der Waals surface area contributed by atoms with Gasteiger partial charge in [0.2, 0.25) is 5.89 Å². The van der Waals surface area contributed by atoms with E-state index in [1.165, 1.54) is 13.2 Å². The Morgan fingerprint density at radius 3 is 2.73 bits per heavy atom. The van der Waals surface area contributed by atoms with Gasteiger partial charge in [0.25, 0.3) is 0 Å². The first-order valence-corrected chi connectivity index (χ1v) is 8.16. The Morgan fingerprint density at radius 2 is 1.96 bits per heavy atom. The smallest absolute Gasteiger partial charge is 0.330 e. The Kier molecular flexibility index (Phi) is 5.49. The molecular formula is C21H19NO4. The maximum Gasteiger partial charge on any atom is 0.330 e. The molecule has 0 amide bonds. The monoisotopic (exact) mass is 349 g/mol. The lowest BCUT2D eigenvalue weighted by Crippen LogP contribution is -1.98. The molecule has 132 valence electrons. The zero-order valence-electron chi connectivity index (χ0n) is 14.6. The zero-order valence-corrected chi connectivity index (χ0v) is 14.6. The van der Waals surface area contributed by atoms with E-state index < -0.39 is 5.97 Å². The van der Waals surface area contributed by atoms with Crippen LogP contribution in [0.4, 0.5) is 0 Å². The molecule has 3 aromatic rings. The van der Waals surface area contributed by atoms with Crippen LogP contribution < -0.4 is 4.74 Å². The molecule has 0 unspecified atom stereocenters. The van der Waals surface area contributed by atoms with Crippen molar-refractivity contribution in [2.75, 3.05) is 7.11 Å². The number of nitrogens with zero attached hydrogens (tertiary/aromatic N) is 1. The summed E-state index contributed by atoms with van der Waals surface area (Å²) in [5.41, 5.74) is 2.52. The standard InChI is InChI=1S/C21H19NO4/c1-15-19(22-21(26-15)17-8-4-3-5-9-17)14-25-18-10-6-7-16(13-18)11-12-20(23)24-2/h3-13H,14H2,1-2H3/b12-11+. The lowest BCUT2D eigenvalue weighted by atomic mass is 10.2. The van der Waals surface area contributed by atoms with E-state index in [4.69, 9.17) is 9.15 Å². The molecule has 0 saturated heterocycles. The molecule has 0 bridgehead atoms. The third-order valence-corrected chi connectivity index (χ3v) is 3.76. The largest absolute Gasteiger partial charge is 0.487 e. The summed E-state index contributed by atoms with van der Waals surface area (Å²) in [6.45, 7) is 2.17. The van der Waals surface area contributed by atoms with Crippen LogP contribution in [0.25, 0.3) is 17.5 Å². The first kappa shape index (κ1) is 17.5. The number of esters is 1. The molecule has 26 heavy (non-hydrogen) atoms. The van der Waals surface area contributed by atoms with Crippen molar-refractivity contribution in [3.05, 3.63) is 77.7 Å². The van der Waals surface area contributed by atoms with Crippen molar-refractivity contribution in [2.24, 2.45) is 0 Å². The van der Waals surface area contributed by atoms with Gasteiger partial charge in [0.05, 0.1) is 7.11 Å². The van der Waals surface area contributed by atoms with Crippen molar-refractivity contribution in [1.29, 1.82) is 0 Å². The summed E-state index contributed by atoms with van der Waals surface area (Å²) in [6.07, 6.45) is 3.04. The molecule has 0 N–H and O–H groups in total. The van der Waals surface area contributed by atoms with Crippen LogP contribution in [0.5, 0.6) is 5.75 Å². The van der Waals surface area contributed by atoms with Gasteiger partial charge in [0.15, 0.2) is 0 Å². The van der Waals surface area contributed by atoms with E-state index in [-0.39, 0.29) is 0 Å². The fraction of sp³-hybridized carbons (Fsp3) is 0.143. The first-order chi connectivity index (χ1) is 12.7. The number of carbonyl (C=O) groups excluding carboxylic acids is 1. The minimum atomic E-state index is -0.400. The van der Waals surface area contributed by atoms with Crippen LogP contribution in [-0.2, 0) is 16.1 Å². The van der Waals surface area contributed by atoms with Gasteiger partial charge < -0.3 is 13.9 Å². The Labute approximate surface area is 151 Å². The van der Waals surface area contributed by atoms with Crippen LogP contribution in [0.2, 0.25) is 0 Å². The molecule has 0 radical (unpaired) electrons. The summed E-state index contributed by atoms with van der Waals surface area (Å²) < 4.78 is 16.1. The molecule has 5 heteroatoms. The number of aryl methyl sites for hydroxylation is 1. The molecule has 5 nitrogen and oxygen atoms in total. The van der Waals surface area contributed by atoms with Crippen LogP contribution in [0.3, 0.4) is 0 Å². The molecule has 1 heterocycles. The highest BCUT2D eigenvalue weighted by atomic mass is 16.5. The maximum absolute atomic E-state index is 11.2. The molecule has 0 spiro atoms. The van der Waals surface area contributed by atoms with Crippen LogP contribution in [-0.4, -0.2) is 18.1 Å². The number of hydrogen-bond donors (Lipinski definition) is 0. The van der Waals surface area contributed by atoms with Crippen LogP contribution in [0.15, 0.2) is 65.1 Å². The van der Waals surface area contributed by atoms with E-state index >= 15 is 0 Å². The van der Waals surface area contributed by atoms with Crippen LogP contribution >= 0.6 is 0 Å². The number of benzene rings is 2. The minimum Gasteiger partial charge on any atom is -0.487 e. The number of ether oxygens (including phenoxy) is 2. The predicted molar refractivity (Wildman–Crippen MR) is 98.5 cm³/mol. The molecule has 1 aromatic heterocycles. The summed E-state index contributed by atoms with van der Waals surface area (Å²) >= 11 is 0. The van der Waals surface area contributed by atoms with Gasteiger partial charge >= 0.3 is 5.97 Å². The van der Waals surface area contributed by atoms with Gasteiger partial charge in [-0.25, -0.2) is 9.78 Å². The van der Waals surface area contributed by atoms with Gasteiger partial charge in [0, 0.05) is 11.6 Å². The Balaban J connectivity index is 1.69. The topological polar surface area (TPSA) is 61.6 Å². The zero-order chi connectivity index (χ0) is 18.4. The Hall–Kier alpha value is -3.34. The number of carbonyl (C=O) groups is 1. The summed E-state index contributed by atoms with van der Waals surface area (Å²) in [7, 11) is 1.34. The molecule has 0 aliphatic rings. The lowest BCUT2D eigenvalue weighted by molar-refractivity contribution is -0.134. The number of oxazole rings is 1. The summed E-state index contributed by atoms with van der Waals surface area (Å²) in [5, 5.41) is 0. The highest BCUT2D eigenvalue weighted by Crippen LogP contribution is 2.23. The molecule has 3 rings (SSSR count). The van der Waals surface area contributed by atoms with Crippen molar-refractivity contribution >= 4 is 12.0 Å². The van der Waals surface area contributed by atoms with Crippen molar-refractivity contribution in [2.45, 2.75) is 13.5 Å². The molecule has 0 fully saturated rings. The van der Waals surface area contributed by atoms with Crippen molar-refractivity contribution in [3.8, 4) is 17.2 Å². The number of methoxy groups -OCH3 is 1. The third kappa shape index (κ3) is 4.39. The van der Waals surface area contributed by atoms with E-state index in [2.05, 4.69) is 9.72 Å². The molecule has 2 aromatic carbocycles. The van der Waals surface area contributed by atoms with E-state index in [0.29, 0.717) is 18.2 Å². The minimum absolute atomic E-state index is 0.298. The molecule has 0 atom stereocenters. The predicted octanol–water partition coefficient (Wildman–Crippen LogP) is 4.42. The summed E-state index contributed by atoms with van der Waals surface area (Å²) in [6, 6.07) is 17.2. The molecular weight excluding hydrogens is 330 g/mol. The SMILES string of the molecule is COC(=O)/C=C/c1cccc(OCc2nc(-c3ccccc3)oc2C)c1.